The smallest absolute Gasteiger partial charge is 0.122 e. The van der Waals surface area contributed by atoms with Gasteiger partial charge < -0.3 is 15.6 Å². The van der Waals surface area contributed by atoms with E-state index in [1.807, 2.05) is 6.07 Å². The van der Waals surface area contributed by atoms with Crippen molar-refractivity contribution in [1.29, 1.82) is 0 Å². The number of hydrogen-bond donors (Lipinski definition) is 2. The van der Waals surface area contributed by atoms with Crippen LogP contribution in [0.3, 0.4) is 0 Å². The van der Waals surface area contributed by atoms with Crippen molar-refractivity contribution < 1.29 is 9.84 Å². The molecule has 0 aromatic heterocycles. The van der Waals surface area contributed by atoms with Gasteiger partial charge >= 0.3 is 0 Å². The highest BCUT2D eigenvalue weighted by molar-refractivity contribution is 5.85. The number of hydrogen-bond acceptors (Lipinski definition) is 3. The molecule has 4 heteroatoms. The summed E-state index contributed by atoms with van der Waals surface area (Å²) in [6.45, 7) is 4.30. The maximum atomic E-state index is 8.97. The third-order valence-electron chi connectivity index (χ3n) is 2.69. The molecule has 0 saturated carbocycles. The Morgan fingerprint density at radius 1 is 1.35 bits per heavy atom. The quantitative estimate of drug-likeness (QED) is 0.852. The van der Waals surface area contributed by atoms with Crippen molar-refractivity contribution in [2.45, 2.75) is 32.2 Å². The summed E-state index contributed by atoms with van der Waals surface area (Å²) < 4.78 is 5.29. The van der Waals surface area contributed by atoms with Crippen LogP contribution in [0.2, 0.25) is 0 Å². The Bertz CT molecular complexity index is 342. The average Bonchev–Trinajstić information content (AvgIpc) is 2.28. The van der Waals surface area contributed by atoms with Crippen LogP contribution in [-0.2, 0) is 6.42 Å². The molecule has 0 aliphatic heterocycles. The summed E-state index contributed by atoms with van der Waals surface area (Å²) in [4.78, 5) is 0. The van der Waals surface area contributed by atoms with E-state index in [1.165, 1.54) is 5.56 Å². The highest BCUT2D eigenvalue weighted by atomic mass is 35.5. The number of nitrogens with two attached hydrogens (primary N) is 1. The molecule has 0 spiro atoms. The average molecular weight is 260 g/mol. The molecular formula is C13H22ClNO2. The maximum Gasteiger partial charge on any atom is 0.122 e. The first-order valence-corrected chi connectivity index (χ1v) is 5.61. The van der Waals surface area contributed by atoms with E-state index in [-0.39, 0.29) is 25.1 Å². The summed E-state index contributed by atoms with van der Waals surface area (Å²) in [5.74, 6) is 1.32. The molecule has 0 radical (unpaired) electrons. The van der Waals surface area contributed by atoms with Crippen molar-refractivity contribution in [3.8, 4) is 5.75 Å². The zero-order valence-electron chi connectivity index (χ0n) is 10.6. The second-order valence-electron chi connectivity index (χ2n) is 4.37. The van der Waals surface area contributed by atoms with Gasteiger partial charge in [-0.2, -0.15) is 0 Å². The van der Waals surface area contributed by atoms with Gasteiger partial charge in [0, 0.05) is 6.04 Å². The predicted molar refractivity (Wildman–Crippen MR) is 73.1 cm³/mol. The predicted octanol–water partition coefficient (Wildman–Crippen LogP) is 2.10. The Balaban J connectivity index is 0.00000256. The van der Waals surface area contributed by atoms with E-state index in [1.54, 1.807) is 7.11 Å². The third kappa shape index (κ3) is 4.54. The van der Waals surface area contributed by atoms with Crippen molar-refractivity contribution >= 4 is 12.4 Å². The minimum absolute atomic E-state index is 0. The fraction of sp³-hybridized carbons (Fsp3) is 0.538. The largest absolute Gasteiger partial charge is 0.496 e. The molecule has 0 aliphatic carbocycles. The summed E-state index contributed by atoms with van der Waals surface area (Å²) in [5.41, 5.74) is 8.08. The lowest BCUT2D eigenvalue weighted by Crippen LogP contribution is -2.27. The van der Waals surface area contributed by atoms with E-state index in [9.17, 15) is 0 Å². The molecule has 3 N–H and O–H groups in total. The Morgan fingerprint density at radius 2 is 2.00 bits per heavy atom. The van der Waals surface area contributed by atoms with Crippen LogP contribution < -0.4 is 10.5 Å². The zero-order chi connectivity index (χ0) is 12.1. The van der Waals surface area contributed by atoms with Crippen molar-refractivity contribution in [3.05, 3.63) is 29.3 Å². The SMILES string of the molecule is COc1ccc(C(C)C)cc1CC(N)CO.Cl. The van der Waals surface area contributed by atoms with Gasteiger partial charge in [-0.3, -0.25) is 0 Å². The zero-order valence-corrected chi connectivity index (χ0v) is 11.5. The molecule has 0 heterocycles. The van der Waals surface area contributed by atoms with E-state index < -0.39 is 0 Å². The number of aliphatic hydroxyl groups is 1. The highest BCUT2D eigenvalue weighted by Gasteiger charge is 2.10. The van der Waals surface area contributed by atoms with E-state index >= 15 is 0 Å². The molecule has 0 fully saturated rings. The second kappa shape index (κ2) is 7.54. The highest BCUT2D eigenvalue weighted by Crippen LogP contribution is 2.24. The number of rotatable bonds is 5. The number of benzene rings is 1. The molecule has 1 rings (SSSR count). The van der Waals surface area contributed by atoms with Gasteiger partial charge in [0.1, 0.15) is 5.75 Å². The minimum Gasteiger partial charge on any atom is -0.496 e. The molecule has 0 aliphatic rings. The monoisotopic (exact) mass is 259 g/mol. The first-order valence-electron chi connectivity index (χ1n) is 5.61. The van der Waals surface area contributed by atoms with Gasteiger partial charge in [0.15, 0.2) is 0 Å². The van der Waals surface area contributed by atoms with Crippen molar-refractivity contribution in [2.75, 3.05) is 13.7 Å². The molecule has 0 bridgehead atoms. The molecule has 0 saturated heterocycles. The number of ether oxygens (including phenoxy) is 1. The number of halogens is 1. The van der Waals surface area contributed by atoms with Gasteiger partial charge in [-0.1, -0.05) is 26.0 Å². The van der Waals surface area contributed by atoms with Crippen LogP contribution in [-0.4, -0.2) is 24.9 Å². The maximum absolute atomic E-state index is 8.97. The van der Waals surface area contributed by atoms with Crippen molar-refractivity contribution in [2.24, 2.45) is 5.73 Å². The van der Waals surface area contributed by atoms with Gasteiger partial charge in [0.05, 0.1) is 13.7 Å². The van der Waals surface area contributed by atoms with Crippen molar-refractivity contribution in [1.82, 2.24) is 0 Å². The van der Waals surface area contributed by atoms with E-state index in [0.717, 1.165) is 11.3 Å². The van der Waals surface area contributed by atoms with Crippen LogP contribution >= 0.6 is 12.4 Å². The van der Waals surface area contributed by atoms with Crippen LogP contribution in [0.1, 0.15) is 30.9 Å². The van der Waals surface area contributed by atoms with E-state index in [0.29, 0.717) is 12.3 Å². The molecule has 1 aromatic rings. The molecular weight excluding hydrogens is 238 g/mol. The minimum atomic E-state index is -0.226. The molecule has 17 heavy (non-hydrogen) atoms. The Labute approximate surface area is 109 Å². The summed E-state index contributed by atoms with van der Waals surface area (Å²) in [6.07, 6.45) is 0.639. The first kappa shape index (κ1) is 16.2. The van der Waals surface area contributed by atoms with Gasteiger partial charge in [0.2, 0.25) is 0 Å². The lowest BCUT2D eigenvalue weighted by atomic mass is 9.97. The van der Waals surface area contributed by atoms with Crippen molar-refractivity contribution in [3.63, 3.8) is 0 Å². The molecule has 1 unspecified atom stereocenters. The van der Waals surface area contributed by atoms with Crippen LogP contribution in [0, 0.1) is 0 Å². The summed E-state index contributed by atoms with van der Waals surface area (Å²) >= 11 is 0. The van der Waals surface area contributed by atoms with Crippen LogP contribution in [0.5, 0.6) is 5.75 Å². The molecule has 98 valence electrons. The van der Waals surface area contributed by atoms with Crippen LogP contribution in [0.4, 0.5) is 0 Å². The number of methoxy groups -OCH3 is 1. The van der Waals surface area contributed by atoms with Crippen LogP contribution in [0.25, 0.3) is 0 Å². The lowest BCUT2D eigenvalue weighted by molar-refractivity contribution is 0.264. The second-order valence-corrected chi connectivity index (χ2v) is 4.37. The molecule has 1 aromatic carbocycles. The molecule has 3 nitrogen and oxygen atoms in total. The normalized spacial score (nSPS) is 12.1. The lowest BCUT2D eigenvalue weighted by Gasteiger charge is -2.15. The molecule has 0 amide bonds. The number of aliphatic hydroxyl groups excluding tert-OH is 1. The van der Waals surface area contributed by atoms with Gasteiger partial charge in [-0.15, -0.1) is 12.4 Å². The Hall–Kier alpha value is -0.770. The van der Waals surface area contributed by atoms with Gasteiger partial charge in [0.25, 0.3) is 0 Å². The first-order chi connectivity index (χ1) is 7.58. The topological polar surface area (TPSA) is 55.5 Å². The fourth-order valence-electron chi connectivity index (χ4n) is 1.66. The summed E-state index contributed by atoms with van der Waals surface area (Å²) in [7, 11) is 1.65. The third-order valence-corrected chi connectivity index (χ3v) is 2.69. The Morgan fingerprint density at radius 3 is 2.47 bits per heavy atom. The van der Waals surface area contributed by atoms with E-state index in [2.05, 4.69) is 26.0 Å². The summed E-state index contributed by atoms with van der Waals surface area (Å²) in [6, 6.07) is 5.92. The standard InChI is InChI=1S/C13H21NO2.ClH/c1-9(2)10-4-5-13(16-3)11(6-10)7-12(14)8-15;/h4-6,9,12,15H,7-8,14H2,1-3H3;1H. The molecule has 1 atom stereocenters. The van der Waals surface area contributed by atoms with Gasteiger partial charge in [-0.25, -0.2) is 0 Å². The fourth-order valence-corrected chi connectivity index (χ4v) is 1.66. The van der Waals surface area contributed by atoms with Gasteiger partial charge in [-0.05, 0) is 29.5 Å². The van der Waals surface area contributed by atoms with Crippen LogP contribution in [0.15, 0.2) is 18.2 Å². The van der Waals surface area contributed by atoms with E-state index in [4.69, 9.17) is 15.6 Å². The summed E-state index contributed by atoms with van der Waals surface area (Å²) in [5, 5.41) is 8.97. The Kier molecular flexibility index (Phi) is 7.19.